The lowest BCUT2D eigenvalue weighted by Crippen LogP contribution is -2.23. The third-order valence-corrected chi connectivity index (χ3v) is 3.67. The maximum absolute atomic E-state index is 13.6. The minimum atomic E-state index is -0.460. The third-order valence-electron chi connectivity index (χ3n) is 3.18. The first-order valence-corrected chi connectivity index (χ1v) is 7.28. The van der Waals surface area contributed by atoms with Gasteiger partial charge in [0, 0.05) is 18.7 Å². The van der Waals surface area contributed by atoms with Gasteiger partial charge in [0.2, 0.25) is 0 Å². The van der Waals surface area contributed by atoms with Crippen molar-refractivity contribution in [3.05, 3.63) is 28.8 Å². The van der Waals surface area contributed by atoms with Crippen molar-refractivity contribution in [3.63, 3.8) is 0 Å². The fourth-order valence-electron chi connectivity index (χ4n) is 2.46. The highest BCUT2D eigenvalue weighted by atomic mass is 35.5. The van der Waals surface area contributed by atoms with Gasteiger partial charge in [-0.1, -0.05) is 11.6 Å². The second-order valence-electron chi connectivity index (χ2n) is 5.32. The van der Waals surface area contributed by atoms with E-state index < -0.39 is 5.82 Å². The Balaban J connectivity index is 2.64. The van der Waals surface area contributed by atoms with Crippen LogP contribution in [0.2, 0.25) is 5.02 Å². The number of hydrogen-bond donors (Lipinski definition) is 0. The number of rotatable bonds is 4. The van der Waals surface area contributed by atoms with Crippen molar-refractivity contribution >= 4 is 34.2 Å². The summed E-state index contributed by atoms with van der Waals surface area (Å²) >= 11 is 12.1. The number of fused-ring (bicyclic) bond motifs is 1. The zero-order valence-corrected chi connectivity index (χ0v) is 13.5. The van der Waals surface area contributed by atoms with E-state index in [2.05, 4.69) is 16.8 Å². The number of benzene rings is 1. The Morgan fingerprint density at radius 3 is 2.55 bits per heavy atom. The molecule has 0 spiro atoms. The highest BCUT2D eigenvalue weighted by Crippen LogP contribution is 2.31. The Morgan fingerprint density at radius 2 is 2.00 bits per heavy atom. The average Bonchev–Trinajstić information content (AvgIpc) is 2.67. The monoisotopic (exact) mass is 317 g/mol. The van der Waals surface area contributed by atoms with Crippen molar-refractivity contribution in [2.75, 3.05) is 20.6 Å². The highest BCUT2D eigenvalue weighted by molar-refractivity contribution is 6.31. The first-order chi connectivity index (χ1) is 9.31. The molecular weight excluding hydrogens is 300 g/mol. The summed E-state index contributed by atoms with van der Waals surface area (Å²) in [6.07, 6.45) is 0. The SMILES string of the molecule is CC(Cl)c1nc2cc(F)c(Cl)cc2n1C(C)CN(C)C. The zero-order valence-electron chi connectivity index (χ0n) is 12.0. The van der Waals surface area contributed by atoms with Gasteiger partial charge in [-0.15, -0.1) is 11.6 Å². The van der Waals surface area contributed by atoms with E-state index in [0.29, 0.717) is 5.52 Å². The fraction of sp³-hybridized carbons (Fsp3) is 0.500. The van der Waals surface area contributed by atoms with Gasteiger partial charge in [0.1, 0.15) is 11.6 Å². The number of likely N-dealkylation sites (N-methyl/N-ethyl adjacent to an activating group) is 1. The number of halogens is 3. The minimum Gasteiger partial charge on any atom is -0.323 e. The van der Waals surface area contributed by atoms with Gasteiger partial charge < -0.3 is 9.47 Å². The molecule has 1 aromatic heterocycles. The van der Waals surface area contributed by atoms with Crippen molar-refractivity contribution in [1.82, 2.24) is 14.5 Å². The smallest absolute Gasteiger partial charge is 0.144 e. The Kier molecular flexibility index (Phi) is 4.57. The Hall–Kier alpha value is -0.840. The zero-order chi connectivity index (χ0) is 15.0. The molecule has 2 atom stereocenters. The Morgan fingerprint density at radius 1 is 1.35 bits per heavy atom. The molecule has 2 rings (SSSR count). The van der Waals surface area contributed by atoms with E-state index in [4.69, 9.17) is 23.2 Å². The van der Waals surface area contributed by atoms with Crippen LogP contribution in [0.5, 0.6) is 0 Å². The molecule has 0 amide bonds. The van der Waals surface area contributed by atoms with E-state index >= 15 is 0 Å². The third kappa shape index (κ3) is 2.92. The fourth-order valence-corrected chi connectivity index (χ4v) is 2.77. The van der Waals surface area contributed by atoms with Crippen LogP contribution in [0, 0.1) is 5.82 Å². The van der Waals surface area contributed by atoms with E-state index in [1.807, 2.05) is 25.6 Å². The van der Waals surface area contributed by atoms with Crippen LogP contribution in [0.4, 0.5) is 4.39 Å². The molecule has 0 aliphatic carbocycles. The van der Waals surface area contributed by atoms with Crippen LogP contribution in [-0.2, 0) is 0 Å². The maximum atomic E-state index is 13.6. The van der Waals surface area contributed by atoms with E-state index in [-0.39, 0.29) is 16.4 Å². The van der Waals surface area contributed by atoms with Gasteiger partial charge in [-0.05, 0) is 34.0 Å². The molecule has 6 heteroatoms. The molecule has 20 heavy (non-hydrogen) atoms. The van der Waals surface area contributed by atoms with Crippen LogP contribution >= 0.6 is 23.2 Å². The van der Waals surface area contributed by atoms with Gasteiger partial charge in [-0.25, -0.2) is 9.37 Å². The highest BCUT2D eigenvalue weighted by Gasteiger charge is 2.20. The van der Waals surface area contributed by atoms with Crippen LogP contribution < -0.4 is 0 Å². The number of nitrogens with zero attached hydrogens (tertiary/aromatic N) is 3. The van der Waals surface area contributed by atoms with E-state index in [0.717, 1.165) is 17.9 Å². The minimum absolute atomic E-state index is 0.101. The molecule has 1 heterocycles. The summed E-state index contributed by atoms with van der Waals surface area (Å²) in [5.74, 6) is 0.274. The molecule has 110 valence electrons. The lowest BCUT2D eigenvalue weighted by atomic mass is 10.2. The Labute approximate surface area is 128 Å². The second kappa shape index (κ2) is 5.88. The summed E-state index contributed by atoms with van der Waals surface area (Å²) in [5, 5.41) is -0.154. The predicted octanol–water partition coefficient (Wildman–Crippen LogP) is 4.25. The average molecular weight is 318 g/mol. The standard InChI is InChI=1S/C14H18Cl2FN3/c1-8(7-19(3)4)20-13-5-10(16)11(17)6-12(13)18-14(20)9(2)15/h5-6,8-9H,7H2,1-4H3. The summed E-state index contributed by atoms with van der Waals surface area (Å²) < 4.78 is 15.6. The lowest BCUT2D eigenvalue weighted by Gasteiger charge is -2.22. The van der Waals surface area contributed by atoms with E-state index in [1.54, 1.807) is 6.07 Å². The van der Waals surface area contributed by atoms with Crippen LogP contribution in [0.3, 0.4) is 0 Å². The number of alkyl halides is 1. The van der Waals surface area contributed by atoms with Crippen LogP contribution in [-0.4, -0.2) is 35.1 Å². The molecule has 1 aromatic carbocycles. The van der Waals surface area contributed by atoms with Crippen molar-refractivity contribution in [1.29, 1.82) is 0 Å². The van der Waals surface area contributed by atoms with Crippen LogP contribution in [0.15, 0.2) is 12.1 Å². The first-order valence-electron chi connectivity index (χ1n) is 6.47. The normalized spacial score (nSPS) is 15.0. The van der Waals surface area contributed by atoms with Crippen LogP contribution in [0.25, 0.3) is 11.0 Å². The molecule has 0 N–H and O–H groups in total. The molecule has 0 radical (unpaired) electrons. The van der Waals surface area contributed by atoms with Gasteiger partial charge >= 0.3 is 0 Å². The summed E-state index contributed by atoms with van der Waals surface area (Å²) in [4.78, 5) is 6.54. The van der Waals surface area contributed by atoms with Gasteiger partial charge in [0.15, 0.2) is 0 Å². The van der Waals surface area contributed by atoms with Crippen molar-refractivity contribution in [3.8, 4) is 0 Å². The largest absolute Gasteiger partial charge is 0.323 e. The molecule has 0 fully saturated rings. The molecule has 3 nitrogen and oxygen atoms in total. The summed E-state index contributed by atoms with van der Waals surface area (Å²) in [7, 11) is 4.01. The molecule has 0 saturated heterocycles. The summed E-state index contributed by atoms with van der Waals surface area (Å²) in [6, 6.07) is 3.14. The van der Waals surface area contributed by atoms with Gasteiger partial charge in [0.05, 0.1) is 21.4 Å². The van der Waals surface area contributed by atoms with Crippen molar-refractivity contribution in [2.24, 2.45) is 0 Å². The summed E-state index contributed by atoms with van der Waals surface area (Å²) in [5.41, 5.74) is 1.40. The summed E-state index contributed by atoms with van der Waals surface area (Å²) in [6.45, 7) is 4.78. The van der Waals surface area contributed by atoms with Gasteiger partial charge in [0.25, 0.3) is 0 Å². The van der Waals surface area contributed by atoms with Crippen molar-refractivity contribution in [2.45, 2.75) is 25.3 Å². The number of imidazole rings is 1. The molecule has 0 aliphatic heterocycles. The van der Waals surface area contributed by atoms with E-state index in [9.17, 15) is 4.39 Å². The van der Waals surface area contributed by atoms with Gasteiger partial charge in [-0.3, -0.25) is 0 Å². The second-order valence-corrected chi connectivity index (χ2v) is 6.38. The quantitative estimate of drug-likeness (QED) is 0.786. The predicted molar refractivity (Wildman–Crippen MR) is 82.2 cm³/mol. The molecule has 2 aromatic rings. The molecule has 0 aliphatic rings. The van der Waals surface area contributed by atoms with E-state index in [1.165, 1.54) is 6.07 Å². The number of aromatic nitrogens is 2. The molecule has 0 saturated carbocycles. The van der Waals surface area contributed by atoms with Crippen LogP contribution in [0.1, 0.15) is 31.1 Å². The lowest BCUT2D eigenvalue weighted by molar-refractivity contribution is 0.336. The molecule has 0 bridgehead atoms. The first kappa shape index (κ1) is 15.5. The molecular formula is C14H18Cl2FN3. The van der Waals surface area contributed by atoms with Crippen molar-refractivity contribution < 1.29 is 4.39 Å². The number of hydrogen-bond acceptors (Lipinski definition) is 2. The van der Waals surface area contributed by atoms with Gasteiger partial charge in [-0.2, -0.15) is 0 Å². The Bertz CT molecular complexity index is 622. The maximum Gasteiger partial charge on any atom is 0.144 e. The topological polar surface area (TPSA) is 21.1 Å². The molecule has 2 unspecified atom stereocenters.